The van der Waals surface area contributed by atoms with Gasteiger partial charge in [-0.25, -0.2) is 0 Å². The van der Waals surface area contributed by atoms with E-state index in [0.717, 1.165) is 51.4 Å². The first-order valence-electron chi connectivity index (χ1n) is 11.2. The molecular weight excluding hydrogens is 390 g/mol. The van der Waals surface area contributed by atoms with E-state index in [1.54, 1.807) is 0 Å². The quantitative estimate of drug-likeness (QED) is 0.191. The van der Waals surface area contributed by atoms with E-state index >= 15 is 0 Å². The monoisotopic (exact) mass is 431 g/mol. The molecule has 0 aliphatic carbocycles. The van der Waals surface area contributed by atoms with Crippen molar-refractivity contribution >= 4 is 17.8 Å². The molecule has 9 heteroatoms. The molecule has 2 amide bonds. The lowest BCUT2D eigenvalue weighted by Gasteiger charge is -2.08. The van der Waals surface area contributed by atoms with Crippen LogP contribution in [-0.2, 0) is 23.9 Å². The minimum Gasteiger partial charge on any atom is -0.481 e. The van der Waals surface area contributed by atoms with E-state index in [1.165, 1.54) is 0 Å². The lowest BCUT2D eigenvalue weighted by atomic mass is 10.1. The van der Waals surface area contributed by atoms with Crippen LogP contribution in [0.1, 0.15) is 70.6 Å². The highest BCUT2D eigenvalue weighted by Gasteiger charge is 2.02. The first-order valence-corrected chi connectivity index (χ1v) is 11.2. The number of carboxylic acids is 1. The van der Waals surface area contributed by atoms with E-state index < -0.39 is 5.97 Å². The molecule has 0 saturated heterocycles. The molecule has 0 radical (unpaired) electrons. The fourth-order valence-corrected chi connectivity index (χ4v) is 2.74. The third kappa shape index (κ3) is 22.6. The van der Waals surface area contributed by atoms with Crippen LogP contribution in [0, 0.1) is 0 Å². The molecule has 0 aromatic heterocycles. The number of hydrogen-bond acceptors (Lipinski definition) is 6. The van der Waals surface area contributed by atoms with Crippen LogP contribution >= 0.6 is 0 Å². The highest BCUT2D eigenvalue weighted by molar-refractivity contribution is 5.77. The lowest BCUT2D eigenvalue weighted by molar-refractivity contribution is -0.137. The zero-order chi connectivity index (χ0) is 22.3. The smallest absolute Gasteiger partial charge is 0.303 e. The molecule has 0 aliphatic heterocycles. The maximum Gasteiger partial charge on any atom is 0.303 e. The van der Waals surface area contributed by atoms with Gasteiger partial charge in [-0.2, -0.15) is 0 Å². The van der Waals surface area contributed by atoms with Gasteiger partial charge >= 0.3 is 5.97 Å². The van der Waals surface area contributed by atoms with Crippen LogP contribution in [0.5, 0.6) is 0 Å². The van der Waals surface area contributed by atoms with Crippen LogP contribution in [0.25, 0.3) is 0 Å². The van der Waals surface area contributed by atoms with Gasteiger partial charge in [0.25, 0.3) is 0 Å². The van der Waals surface area contributed by atoms with Crippen molar-refractivity contribution in [3.63, 3.8) is 0 Å². The van der Waals surface area contributed by atoms with Gasteiger partial charge in [-0.05, 0) is 25.8 Å². The van der Waals surface area contributed by atoms with Crippen LogP contribution < -0.4 is 16.4 Å². The fourth-order valence-electron chi connectivity index (χ4n) is 2.74. The molecule has 9 nitrogen and oxygen atoms in total. The van der Waals surface area contributed by atoms with Crippen molar-refractivity contribution in [2.24, 2.45) is 5.73 Å². The number of carbonyl (C=O) groups is 3. The average molecular weight is 432 g/mol. The number of unbranched alkanes of at least 4 members (excludes halogenated alkanes) is 7. The van der Waals surface area contributed by atoms with Gasteiger partial charge in [0.2, 0.25) is 11.8 Å². The van der Waals surface area contributed by atoms with Gasteiger partial charge < -0.3 is 30.9 Å². The minimum atomic E-state index is -0.715. The molecule has 0 spiro atoms. The second-order valence-electron chi connectivity index (χ2n) is 7.23. The number of carboxylic acid groups (broad SMARTS) is 1. The highest BCUT2D eigenvalue weighted by Crippen LogP contribution is 2.09. The molecule has 0 saturated carbocycles. The fraction of sp³-hybridized carbons (Fsp3) is 0.857. The van der Waals surface area contributed by atoms with E-state index in [0.29, 0.717) is 52.3 Å². The van der Waals surface area contributed by atoms with E-state index in [1.807, 2.05) is 0 Å². The zero-order valence-corrected chi connectivity index (χ0v) is 18.3. The molecule has 30 heavy (non-hydrogen) atoms. The summed E-state index contributed by atoms with van der Waals surface area (Å²) in [4.78, 5) is 33.4. The van der Waals surface area contributed by atoms with Crippen molar-refractivity contribution in [2.45, 2.75) is 70.6 Å². The first-order chi connectivity index (χ1) is 14.6. The van der Waals surface area contributed by atoms with Crippen LogP contribution in [0.2, 0.25) is 0 Å². The molecular formula is C21H41N3O6. The van der Waals surface area contributed by atoms with Crippen LogP contribution in [0.3, 0.4) is 0 Å². The normalized spacial score (nSPS) is 10.7. The summed E-state index contributed by atoms with van der Waals surface area (Å²) >= 11 is 0. The Hall–Kier alpha value is -1.71. The number of ether oxygens (including phenoxy) is 2. The number of nitrogens with two attached hydrogens (primary N) is 1. The van der Waals surface area contributed by atoms with Gasteiger partial charge in [-0.1, -0.05) is 38.5 Å². The van der Waals surface area contributed by atoms with E-state index in [4.69, 9.17) is 20.3 Å². The topological polar surface area (TPSA) is 140 Å². The van der Waals surface area contributed by atoms with Crippen LogP contribution in [-0.4, -0.2) is 69.0 Å². The van der Waals surface area contributed by atoms with Gasteiger partial charge in [0.05, 0.1) is 19.8 Å². The molecule has 0 aliphatic rings. The first kappa shape index (κ1) is 28.3. The predicted octanol–water partition coefficient (Wildman–Crippen LogP) is 1.59. The molecule has 5 N–H and O–H groups in total. The number of nitrogens with one attached hydrogen (secondary N) is 2. The Morgan fingerprint density at radius 2 is 1.27 bits per heavy atom. The van der Waals surface area contributed by atoms with Crippen molar-refractivity contribution in [1.29, 1.82) is 0 Å². The molecule has 0 bridgehead atoms. The Labute approximate surface area is 180 Å². The SMILES string of the molecule is NCCCC(=O)NCCOCCOCC(=O)NCCCCCCCCCCC(=O)O. The van der Waals surface area contributed by atoms with Crippen molar-refractivity contribution in [3.8, 4) is 0 Å². The predicted molar refractivity (Wildman–Crippen MR) is 115 cm³/mol. The lowest BCUT2D eigenvalue weighted by Crippen LogP contribution is -2.29. The summed E-state index contributed by atoms with van der Waals surface area (Å²) in [5.41, 5.74) is 5.34. The van der Waals surface area contributed by atoms with Crippen LogP contribution in [0.4, 0.5) is 0 Å². The van der Waals surface area contributed by atoms with E-state index in [9.17, 15) is 14.4 Å². The largest absolute Gasteiger partial charge is 0.481 e. The molecule has 0 aromatic rings. The van der Waals surface area contributed by atoms with Crippen molar-refractivity contribution < 1.29 is 29.0 Å². The molecule has 0 atom stereocenters. The summed E-state index contributed by atoms with van der Waals surface area (Å²) in [7, 11) is 0. The second-order valence-corrected chi connectivity index (χ2v) is 7.23. The number of amides is 2. The van der Waals surface area contributed by atoms with Gasteiger partial charge in [0, 0.05) is 25.9 Å². The van der Waals surface area contributed by atoms with Gasteiger partial charge in [-0.15, -0.1) is 0 Å². The minimum absolute atomic E-state index is 0.0232. The number of hydrogen-bond donors (Lipinski definition) is 4. The maximum atomic E-state index is 11.6. The molecule has 0 heterocycles. The summed E-state index contributed by atoms with van der Waals surface area (Å²) in [6, 6.07) is 0. The standard InChI is InChI=1S/C21H41N3O6/c22-12-9-10-19(25)24-14-15-29-16-17-30-18-20(26)23-13-8-6-4-2-1-3-5-7-11-21(27)28/h1-18,22H2,(H,23,26)(H,24,25)(H,27,28). The molecule has 0 unspecified atom stereocenters. The molecule has 0 fully saturated rings. The van der Waals surface area contributed by atoms with Gasteiger partial charge in [0.15, 0.2) is 0 Å². The zero-order valence-electron chi connectivity index (χ0n) is 18.3. The second kappa shape index (κ2) is 22.0. The van der Waals surface area contributed by atoms with Crippen molar-refractivity contribution in [2.75, 3.05) is 46.1 Å². The molecule has 0 rings (SSSR count). The van der Waals surface area contributed by atoms with Crippen LogP contribution in [0.15, 0.2) is 0 Å². The summed E-state index contributed by atoms with van der Waals surface area (Å²) in [5, 5.41) is 14.1. The third-order valence-corrected chi connectivity index (χ3v) is 4.42. The summed E-state index contributed by atoms with van der Waals surface area (Å²) < 4.78 is 10.6. The Bertz CT molecular complexity index is 448. The number of rotatable bonds is 22. The number of carbonyl (C=O) groups excluding carboxylic acids is 2. The Morgan fingerprint density at radius 3 is 1.93 bits per heavy atom. The van der Waals surface area contributed by atoms with E-state index in [2.05, 4.69) is 10.6 Å². The van der Waals surface area contributed by atoms with Gasteiger partial charge in [-0.3, -0.25) is 14.4 Å². The summed E-state index contributed by atoms with van der Waals surface area (Å²) in [6.45, 7) is 2.76. The number of aliphatic carboxylic acids is 1. The Balaban J connectivity index is 3.24. The molecule has 0 aromatic carbocycles. The molecule has 176 valence electrons. The summed E-state index contributed by atoms with van der Waals surface area (Å²) in [6.07, 6.45) is 9.69. The van der Waals surface area contributed by atoms with Gasteiger partial charge in [0.1, 0.15) is 6.61 Å². The summed E-state index contributed by atoms with van der Waals surface area (Å²) in [5.74, 6) is -0.863. The van der Waals surface area contributed by atoms with Crippen molar-refractivity contribution in [1.82, 2.24) is 10.6 Å². The Morgan fingerprint density at radius 1 is 0.667 bits per heavy atom. The van der Waals surface area contributed by atoms with E-state index in [-0.39, 0.29) is 24.8 Å². The van der Waals surface area contributed by atoms with Crippen molar-refractivity contribution in [3.05, 3.63) is 0 Å². The maximum absolute atomic E-state index is 11.6. The Kier molecular flexibility index (Phi) is 20.7. The third-order valence-electron chi connectivity index (χ3n) is 4.42. The average Bonchev–Trinajstić information content (AvgIpc) is 2.72. The highest BCUT2D eigenvalue weighted by atomic mass is 16.5.